The van der Waals surface area contributed by atoms with Crippen molar-refractivity contribution in [3.8, 4) is 5.75 Å². The minimum atomic E-state index is -0.0890. The van der Waals surface area contributed by atoms with Crippen molar-refractivity contribution in [3.05, 3.63) is 78.4 Å². The second-order valence-electron chi connectivity index (χ2n) is 4.98. The van der Waals surface area contributed by atoms with Gasteiger partial charge in [0.25, 0.3) is 0 Å². The number of carbonyl (C=O) groups excluding carboxylic acids is 1. The molecule has 0 saturated carbocycles. The first-order valence-electron chi connectivity index (χ1n) is 7.40. The molecule has 0 aliphatic rings. The van der Waals surface area contributed by atoms with Crippen LogP contribution in [0.1, 0.15) is 12.5 Å². The molecule has 0 aromatic heterocycles. The molecule has 26 heavy (non-hydrogen) atoms. The summed E-state index contributed by atoms with van der Waals surface area (Å²) in [4.78, 5) is 20.2. The summed E-state index contributed by atoms with van der Waals surface area (Å²) in [7, 11) is 0. The number of carbonyl (C=O) groups is 1. The van der Waals surface area contributed by atoms with Crippen LogP contribution < -0.4 is 0 Å². The summed E-state index contributed by atoms with van der Waals surface area (Å²) in [5.41, 5.74) is 2.34. The van der Waals surface area contributed by atoms with Crippen LogP contribution in [0.15, 0.2) is 82.8 Å². The van der Waals surface area contributed by atoms with Crippen LogP contribution in [0, 0.1) is 0 Å². The van der Waals surface area contributed by atoms with Gasteiger partial charge in [-0.05, 0) is 31.2 Å². The third-order valence-corrected chi connectivity index (χ3v) is 3.21. The van der Waals surface area contributed by atoms with Crippen molar-refractivity contribution in [2.45, 2.75) is 6.92 Å². The van der Waals surface area contributed by atoms with Crippen molar-refractivity contribution >= 4 is 29.6 Å². The van der Waals surface area contributed by atoms with Crippen LogP contribution >= 0.6 is 0 Å². The van der Waals surface area contributed by atoms with E-state index in [-0.39, 0.29) is 35.6 Å². The van der Waals surface area contributed by atoms with Crippen LogP contribution in [0.25, 0.3) is 0 Å². The second-order valence-corrected chi connectivity index (χ2v) is 4.98. The fourth-order valence-electron chi connectivity index (χ4n) is 1.94. The van der Waals surface area contributed by atoms with Crippen LogP contribution in [0.4, 0.5) is 11.4 Å². The molecule has 0 unspecified atom stereocenters. The monoisotopic (exact) mass is 385 g/mol. The normalized spacial score (nSPS) is 11.0. The molecule has 0 saturated heterocycles. The Hall–Kier alpha value is -2.73. The van der Waals surface area contributed by atoms with E-state index in [2.05, 4.69) is 16.6 Å². The number of aromatic hydroxyl groups is 1. The molecule has 6 heteroatoms. The number of hydrogen-bond acceptors (Lipinski definition) is 4. The standard InChI is InChI=1S/C20H18N2O2.O.V/c1-3-8-16(15(2)23)13-21-18-10-5-6-11-19(18)22-14-17-9-4-7-12-20(17)24;;/h3-14,24H,1H2,2H3;;/q;-2;/b16-8-,21-13?,22-14?;;. The molecule has 0 fully saturated rings. The Morgan fingerprint density at radius 3 is 2.19 bits per heavy atom. The molecule has 1 radical (unpaired) electrons. The molecule has 1 N–H and O–H groups in total. The molecular weight excluding hydrogens is 367 g/mol. The Labute approximate surface area is 164 Å². The predicted octanol–water partition coefficient (Wildman–Crippen LogP) is 4.43. The van der Waals surface area contributed by atoms with E-state index < -0.39 is 0 Å². The fraction of sp³-hybridized carbons (Fsp3) is 0.0500. The van der Waals surface area contributed by atoms with Crippen molar-refractivity contribution in [1.29, 1.82) is 0 Å². The van der Waals surface area contributed by atoms with Crippen LogP contribution in [-0.2, 0) is 28.8 Å². The van der Waals surface area contributed by atoms with E-state index in [1.54, 1.807) is 42.6 Å². The van der Waals surface area contributed by atoms with Crippen molar-refractivity contribution in [2.75, 3.05) is 0 Å². The van der Waals surface area contributed by atoms with Crippen molar-refractivity contribution in [1.82, 2.24) is 0 Å². The van der Waals surface area contributed by atoms with Gasteiger partial charge in [0, 0.05) is 42.1 Å². The Balaban J connectivity index is 0.00000312. The molecule has 0 bridgehead atoms. The Bertz CT molecular complexity index is 842. The summed E-state index contributed by atoms with van der Waals surface area (Å²) < 4.78 is 0. The third-order valence-electron chi connectivity index (χ3n) is 3.21. The molecule has 0 amide bonds. The van der Waals surface area contributed by atoms with Crippen LogP contribution in [-0.4, -0.2) is 23.3 Å². The summed E-state index contributed by atoms with van der Waals surface area (Å²) in [6.07, 6.45) is 6.23. The Kier molecular flexibility index (Phi) is 10.5. The van der Waals surface area contributed by atoms with Crippen LogP contribution in [0.2, 0.25) is 0 Å². The zero-order valence-electron chi connectivity index (χ0n) is 14.2. The van der Waals surface area contributed by atoms with E-state index in [4.69, 9.17) is 0 Å². The smallest absolute Gasteiger partial charge is 0.161 e. The van der Waals surface area contributed by atoms with Gasteiger partial charge in [-0.2, -0.15) is 0 Å². The van der Waals surface area contributed by atoms with Crippen LogP contribution in [0.3, 0.4) is 0 Å². The molecule has 2 aromatic rings. The largest absolute Gasteiger partial charge is 2.00 e. The molecule has 0 aliphatic carbocycles. The summed E-state index contributed by atoms with van der Waals surface area (Å²) in [5.74, 6) is 0.0730. The number of Topliss-reactive ketones (excluding diaryl/α,β-unsaturated/α-hetero) is 1. The maximum Gasteiger partial charge on any atom is 0.161 e. The zero-order valence-corrected chi connectivity index (χ0v) is 15.6. The number of para-hydroxylation sites is 3. The molecule has 133 valence electrons. The van der Waals surface area contributed by atoms with Crippen molar-refractivity contribution < 1.29 is 33.9 Å². The topological polar surface area (TPSA) is 90.5 Å². The number of hydrogen-bond donors (Lipinski definition) is 1. The summed E-state index contributed by atoms with van der Waals surface area (Å²) in [6.45, 7) is 5.06. The van der Waals surface area contributed by atoms with Gasteiger partial charge in [-0.1, -0.05) is 43.0 Å². The maximum absolute atomic E-state index is 11.5. The van der Waals surface area contributed by atoms with E-state index >= 15 is 0 Å². The number of nitrogens with zero attached hydrogens (tertiary/aromatic N) is 2. The van der Waals surface area contributed by atoms with Gasteiger partial charge < -0.3 is 10.6 Å². The van der Waals surface area contributed by atoms with E-state index in [9.17, 15) is 9.90 Å². The fourth-order valence-corrected chi connectivity index (χ4v) is 1.94. The second kappa shape index (κ2) is 11.8. The minimum Gasteiger partial charge on any atom is -2.00 e. The number of phenolic OH excluding ortho intramolecular Hbond substituents is 1. The molecule has 0 spiro atoms. The number of allylic oxidation sites excluding steroid dienone is 3. The predicted molar refractivity (Wildman–Crippen MR) is 99.6 cm³/mol. The van der Waals surface area contributed by atoms with Gasteiger partial charge >= 0.3 is 0 Å². The quantitative estimate of drug-likeness (QED) is 0.453. The number of benzene rings is 2. The van der Waals surface area contributed by atoms with Gasteiger partial charge in [0.15, 0.2) is 5.78 Å². The van der Waals surface area contributed by atoms with Gasteiger partial charge in [0.05, 0.1) is 11.4 Å². The van der Waals surface area contributed by atoms with Gasteiger partial charge in [0.1, 0.15) is 5.75 Å². The SMILES string of the molecule is C=C/C=C(/C=Nc1ccccc1N=Cc1ccccc1O)C(C)=O.[O-2].[V]. The first-order chi connectivity index (χ1) is 11.6. The van der Waals surface area contributed by atoms with Gasteiger partial charge in [-0.25, -0.2) is 0 Å². The first-order valence-corrected chi connectivity index (χ1v) is 7.40. The summed E-state index contributed by atoms with van der Waals surface area (Å²) >= 11 is 0. The number of rotatable bonds is 6. The third kappa shape index (κ3) is 6.65. The molecule has 0 heterocycles. The van der Waals surface area contributed by atoms with E-state index in [0.29, 0.717) is 22.5 Å². The number of aliphatic imine (C=N–C) groups is 2. The molecule has 0 atom stereocenters. The van der Waals surface area contributed by atoms with Gasteiger partial charge in [-0.3, -0.25) is 14.8 Å². The first kappa shape index (κ1) is 23.3. The summed E-state index contributed by atoms with van der Waals surface area (Å²) in [5, 5.41) is 9.78. The summed E-state index contributed by atoms with van der Waals surface area (Å²) in [6, 6.07) is 14.3. The van der Waals surface area contributed by atoms with Gasteiger partial charge in [-0.15, -0.1) is 0 Å². The average Bonchev–Trinajstić information content (AvgIpc) is 2.58. The number of phenols is 1. The zero-order chi connectivity index (χ0) is 17.4. The Morgan fingerprint density at radius 1 is 1.04 bits per heavy atom. The molecule has 2 rings (SSSR count). The van der Waals surface area contributed by atoms with Gasteiger partial charge in [0.2, 0.25) is 0 Å². The molecule has 0 aliphatic heterocycles. The van der Waals surface area contributed by atoms with E-state index in [1.165, 1.54) is 13.1 Å². The van der Waals surface area contributed by atoms with Crippen LogP contribution in [0.5, 0.6) is 5.75 Å². The van der Waals surface area contributed by atoms with Crippen molar-refractivity contribution in [2.24, 2.45) is 9.98 Å². The van der Waals surface area contributed by atoms with E-state index in [0.717, 1.165) is 0 Å². The Morgan fingerprint density at radius 2 is 1.62 bits per heavy atom. The maximum atomic E-state index is 11.5. The van der Waals surface area contributed by atoms with E-state index in [1.807, 2.05) is 24.3 Å². The van der Waals surface area contributed by atoms with Crippen molar-refractivity contribution in [3.63, 3.8) is 0 Å². The minimum absolute atomic E-state index is 0. The molecule has 2 aromatic carbocycles. The molecular formula is C20H18N2O3V-2. The number of ketones is 1. The molecule has 5 nitrogen and oxygen atoms in total. The average molecular weight is 385 g/mol.